The Kier molecular flexibility index (Phi) is 4.12. The Balaban J connectivity index is 2.71. The summed E-state index contributed by atoms with van der Waals surface area (Å²) in [6, 6.07) is 6.19. The third-order valence-electron chi connectivity index (χ3n) is 3.59. The van der Waals surface area contributed by atoms with Crippen LogP contribution in [0.15, 0.2) is 18.2 Å². The molecule has 0 saturated carbocycles. The Morgan fingerprint density at radius 2 is 1.75 bits per heavy atom. The van der Waals surface area contributed by atoms with E-state index in [2.05, 4.69) is 39.8 Å². The first-order chi connectivity index (χ1) is 9.43. The summed E-state index contributed by atoms with van der Waals surface area (Å²) in [5.74, 6) is -0.297. The van der Waals surface area contributed by atoms with Crippen molar-refractivity contribution in [2.75, 3.05) is 13.2 Å². The highest BCUT2D eigenvalue weighted by Gasteiger charge is 2.36. The smallest absolute Gasteiger partial charge is 0.456 e. The molecule has 0 fully saturated rings. The van der Waals surface area contributed by atoms with Gasteiger partial charge in [0.1, 0.15) is 0 Å². The van der Waals surface area contributed by atoms with Gasteiger partial charge in [0.15, 0.2) is 13.2 Å². The van der Waals surface area contributed by atoms with Crippen molar-refractivity contribution in [1.82, 2.24) is 0 Å². The number of nitrogens with zero attached hydrogens (tertiary/aromatic N) is 1. The van der Waals surface area contributed by atoms with E-state index in [-0.39, 0.29) is 5.90 Å². The van der Waals surface area contributed by atoms with Crippen molar-refractivity contribution in [3.8, 4) is 0 Å². The average molecular weight is 276 g/mol. The number of hydrogen-bond acceptors (Lipinski definition) is 2. The van der Waals surface area contributed by atoms with Crippen molar-refractivity contribution in [1.29, 1.82) is 0 Å². The van der Waals surface area contributed by atoms with Crippen LogP contribution in [0.3, 0.4) is 0 Å². The predicted octanol–water partition coefficient (Wildman–Crippen LogP) is 3.09. The molecule has 4 nitrogen and oxygen atoms in total. The van der Waals surface area contributed by atoms with Crippen LogP contribution in [-0.2, 0) is 9.53 Å². The highest BCUT2D eigenvalue weighted by atomic mass is 16.5. The second-order valence-corrected chi connectivity index (χ2v) is 5.70. The minimum atomic E-state index is -1.00. The van der Waals surface area contributed by atoms with Crippen LogP contribution < -0.4 is 0 Å². The molecular weight excluding hydrogens is 254 g/mol. The minimum Gasteiger partial charge on any atom is -0.471 e. The molecule has 1 heterocycles. The summed E-state index contributed by atoms with van der Waals surface area (Å²) in [5.41, 5.74) is 3.34. The maximum atomic E-state index is 11.3. The van der Waals surface area contributed by atoms with Gasteiger partial charge in [-0.25, -0.2) is 4.79 Å². The van der Waals surface area contributed by atoms with Crippen molar-refractivity contribution in [2.24, 2.45) is 0 Å². The molecule has 1 aliphatic rings. The van der Waals surface area contributed by atoms with Gasteiger partial charge in [0.2, 0.25) is 5.69 Å². The Hall–Kier alpha value is -1.84. The summed E-state index contributed by atoms with van der Waals surface area (Å²) in [5, 5.41) is 9.30. The molecule has 1 aliphatic heterocycles. The maximum absolute atomic E-state index is 11.3. The highest BCUT2D eigenvalue weighted by Crippen LogP contribution is 2.35. The summed E-state index contributed by atoms with van der Waals surface area (Å²) in [4.78, 5) is 11.3. The van der Waals surface area contributed by atoms with E-state index in [1.54, 1.807) is 0 Å². The Morgan fingerprint density at radius 1 is 1.20 bits per heavy atom. The summed E-state index contributed by atoms with van der Waals surface area (Å²) < 4.78 is 7.11. The lowest BCUT2D eigenvalue weighted by Gasteiger charge is -2.15. The SMILES string of the molecule is CC(C)c1cccc(C(C)C)c1[N+]1=C(C(=O)O)OCC1. The van der Waals surface area contributed by atoms with Gasteiger partial charge in [-0.3, -0.25) is 0 Å². The first-order valence-corrected chi connectivity index (χ1v) is 7.06. The van der Waals surface area contributed by atoms with Gasteiger partial charge in [-0.15, -0.1) is 4.58 Å². The van der Waals surface area contributed by atoms with Crippen LogP contribution in [-0.4, -0.2) is 34.7 Å². The molecule has 0 unspecified atom stereocenters. The molecule has 0 bridgehead atoms. The number of carboxylic acids is 1. The number of aliphatic carboxylic acids is 1. The van der Waals surface area contributed by atoms with Gasteiger partial charge in [-0.05, 0) is 11.8 Å². The lowest BCUT2D eigenvalue weighted by molar-refractivity contribution is -0.430. The fraction of sp³-hybridized carbons (Fsp3) is 0.500. The zero-order chi connectivity index (χ0) is 14.9. The van der Waals surface area contributed by atoms with Crippen LogP contribution in [0, 0.1) is 0 Å². The fourth-order valence-electron chi connectivity index (χ4n) is 2.63. The molecule has 1 aromatic carbocycles. The standard InChI is InChI=1S/C16H21NO3/c1-10(2)12-6-5-7-13(11(3)4)14(12)17-8-9-20-15(17)16(18)19/h5-7,10-11H,8-9H2,1-4H3/p+1. The molecule has 0 radical (unpaired) electrons. The molecule has 108 valence electrons. The molecule has 0 amide bonds. The van der Waals surface area contributed by atoms with E-state index in [1.807, 2.05) is 10.6 Å². The monoisotopic (exact) mass is 276 g/mol. The van der Waals surface area contributed by atoms with Crippen LogP contribution in [0.1, 0.15) is 50.7 Å². The number of ether oxygens (including phenoxy) is 1. The van der Waals surface area contributed by atoms with Crippen LogP contribution in [0.5, 0.6) is 0 Å². The molecule has 1 N–H and O–H groups in total. The lowest BCUT2D eigenvalue weighted by atomic mass is 9.92. The van der Waals surface area contributed by atoms with E-state index in [9.17, 15) is 9.90 Å². The molecular formula is C16H22NO3+. The molecule has 0 aliphatic carbocycles. The predicted molar refractivity (Wildman–Crippen MR) is 78.0 cm³/mol. The molecule has 0 atom stereocenters. The van der Waals surface area contributed by atoms with Crippen LogP contribution in [0.2, 0.25) is 0 Å². The number of rotatable bonds is 4. The van der Waals surface area contributed by atoms with E-state index in [0.717, 1.165) is 5.69 Å². The van der Waals surface area contributed by atoms with E-state index in [1.165, 1.54) is 11.1 Å². The topological polar surface area (TPSA) is 49.5 Å². The Morgan fingerprint density at radius 3 is 2.20 bits per heavy atom. The van der Waals surface area contributed by atoms with Gasteiger partial charge < -0.3 is 9.84 Å². The van der Waals surface area contributed by atoms with E-state index in [0.29, 0.717) is 25.0 Å². The van der Waals surface area contributed by atoms with E-state index < -0.39 is 5.97 Å². The largest absolute Gasteiger partial charge is 0.471 e. The van der Waals surface area contributed by atoms with E-state index >= 15 is 0 Å². The molecule has 0 aromatic heterocycles. The quantitative estimate of drug-likeness (QED) is 0.860. The highest BCUT2D eigenvalue weighted by molar-refractivity contribution is 6.29. The maximum Gasteiger partial charge on any atom is 0.456 e. The molecule has 20 heavy (non-hydrogen) atoms. The van der Waals surface area contributed by atoms with Crippen LogP contribution in [0.4, 0.5) is 5.69 Å². The van der Waals surface area contributed by atoms with E-state index in [4.69, 9.17) is 4.74 Å². The van der Waals surface area contributed by atoms with Crippen molar-refractivity contribution < 1.29 is 19.2 Å². The number of para-hydroxylation sites is 1. The number of carboxylic acid groups (broad SMARTS) is 1. The van der Waals surface area contributed by atoms with Gasteiger partial charge in [0.25, 0.3) is 0 Å². The number of carbonyl (C=O) groups is 1. The van der Waals surface area contributed by atoms with Crippen molar-refractivity contribution in [2.45, 2.75) is 39.5 Å². The molecule has 4 heteroatoms. The average Bonchev–Trinajstić information content (AvgIpc) is 2.86. The minimum absolute atomic E-state index is 0.0417. The van der Waals surface area contributed by atoms with Gasteiger partial charge in [-0.1, -0.05) is 45.9 Å². The second-order valence-electron chi connectivity index (χ2n) is 5.70. The normalized spacial score (nSPS) is 15.1. The first kappa shape index (κ1) is 14.6. The van der Waals surface area contributed by atoms with Gasteiger partial charge in [0, 0.05) is 11.1 Å². The van der Waals surface area contributed by atoms with Gasteiger partial charge in [0.05, 0.1) is 0 Å². The summed E-state index contributed by atoms with van der Waals surface area (Å²) in [6.07, 6.45) is 0. The third-order valence-corrected chi connectivity index (χ3v) is 3.59. The zero-order valence-electron chi connectivity index (χ0n) is 12.5. The van der Waals surface area contributed by atoms with Crippen molar-refractivity contribution >= 4 is 17.6 Å². The number of hydrogen-bond donors (Lipinski definition) is 1. The molecule has 1 aromatic rings. The molecule has 2 rings (SSSR count). The van der Waals surface area contributed by atoms with Crippen LogP contribution >= 0.6 is 0 Å². The summed E-state index contributed by atoms with van der Waals surface area (Å²) in [6.45, 7) is 9.51. The van der Waals surface area contributed by atoms with Crippen molar-refractivity contribution in [3.63, 3.8) is 0 Å². The van der Waals surface area contributed by atoms with Crippen molar-refractivity contribution in [3.05, 3.63) is 29.3 Å². The Bertz CT molecular complexity index is 533. The van der Waals surface area contributed by atoms with Gasteiger partial charge in [-0.2, -0.15) is 0 Å². The summed E-state index contributed by atoms with van der Waals surface area (Å²) >= 11 is 0. The number of benzene rings is 1. The molecule has 0 saturated heterocycles. The zero-order valence-corrected chi connectivity index (χ0v) is 12.5. The molecule has 0 spiro atoms. The second kappa shape index (κ2) is 5.65. The van der Waals surface area contributed by atoms with Gasteiger partial charge >= 0.3 is 11.9 Å². The van der Waals surface area contributed by atoms with Crippen LogP contribution in [0.25, 0.3) is 0 Å². The Labute approximate surface area is 119 Å². The summed E-state index contributed by atoms with van der Waals surface area (Å²) in [7, 11) is 0. The lowest BCUT2D eigenvalue weighted by Crippen LogP contribution is -2.22. The first-order valence-electron chi connectivity index (χ1n) is 7.06. The fourth-order valence-corrected chi connectivity index (χ4v) is 2.63. The third kappa shape index (κ3) is 2.55.